The Morgan fingerprint density at radius 1 is 1.20 bits per heavy atom. The fraction of sp³-hybridized carbons (Fsp3) is 0.0833. The monoisotopic (exact) mass is 220 g/mol. The van der Waals surface area contributed by atoms with Gasteiger partial charge in [-0.25, -0.2) is 4.79 Å². The summed E-state index contributed by atoms with van der Waals surface area (Å²) in [5.41, 5.74) is 0.0807. The Morgan fingerprint density at radius 2 is 1.93 bits per heavy atom. The van der Waals surface area contributed by atoms with E-state index in [1.165, 1.54) is 0 Å². The molecule has 0 atom stereocenters. The summed E-state index contributed by atoms with van der Waals surface area (Å²) in [6.07, 6.45) is 0. The van der Waals surface area contributed by atoms with E-state index in [-0.39, 0.29) is 0 Å². The van der Waals surface area contributed by atoms with Gasteiger partial charge in [0, 0.05) is 17.0 Å². The van der Waals surface area contributed by atoms with E-state index in [1.54, 1.807) is 0 Å². The maximum atomic E-state index is 10.8. The molecule has 2 aromatic carbocycles. The van der Waals surface area contributed by atoms with Crippen molar-refractivity contribution < 1.29 is 9.53 Å². The van der Waals surface area contributed by atoms with Crippen LogP contribution < -0.4 is 4.74 Å². The quantitative estimate of drug-likeness (QED) is 0.682. The van der Waals surface area contributed by atoms with Crippen molar-refractivity contribution in [2.45, 2.75) is 6.92 Å². The molecule has 0 N–H and O–H groups in total. The maximum absolute atomic E-state index is 10.8. The zero-order chi connectivity index (χ0) is 10.8. The lowest BCUT2D eigenvalue weighted by Crippen LogP contribution is -1.98. The Bertz CT molecular complexity index is 520. The summed E-state index contributed by atoms with van der Waals surface area (Å²) in [4.78, 5) is 10.8. The molecular formula is C12H9ClO2. The van der Waals surface area contributed by atoms with E-state index in [2.05, 4.69) is 0 Å². The minimum atomic E-state index is -0.811. The summed E-state index contributed by atoms with van der Waals surface area (Å²) in [6.45, 7) is 1.88. The Kier molecular flexibility index (Phi) is 2.60. The van der Waals surface area contributed by atoms with Gasteiger partial charge in [-0.1, -0.05) is 36.4 Å². The molecule has 0 spiro atoms. The highest BCUT2D eigenvalue weighted by Crippen LogP contribution is 2.29. The average Bonchev–Trinajstić information content (AvgIpc) is 2.22. The van der Waals surface area contributed by atoms with E-state index in [0.29, 0.717) is 5.75 Å². The van der Waals surface area contributed by atoms with Crippen LogP contribution in [0.5, 0.6) is 5.75 Å². The van der Waals surface area contributed by atoms with Gasteiger partial charge in [-0.2, -0.15) is 0 Å². The lowest BCUT2D eigenvalue weighted by molar-refractivity contribution is 0.226. The van der Waals surface area contributed by atoms with Gasteiger partial charge in [0.2, 0.25) is 0 Å². The number of carbonyl (C=O) groups is 1. The van der Waals surface area contributed by atoms with Gasteiger partial charge in [0.15, 0.2) is 0 Å². The third-order valence-electron chi connectivity index (χ3n) is 2.26. The van der Waals surface area contributed by atoms with Crippen LogP contribution in [-0.4, -0.2) is 5.43 Å². The SMILES string of the molecule is Cc1ccc2ccccc2c1OC(=O)Cl. The normalized spacial score (nSPS) is 10.3. The van der Waals surface area contributed by atoms with Gasteiger partial charge in [0.1, 0.15) is 5.75 Å². The first kappa shape index (κ1) is 9.99. The van der Waals surface area contributed by atoms with Crippen LogP contribution in [0.3, 0.4) is 0 Å². The van der Waals surface area contributed by atoms with Gasteiger partial charge < -0.3 is 4.74 Å². The second-order valence-corrected chi connectivity index (χ2v) is 3.58. The van der Waals surface area contributed by atoms with Crippen LogP contribution in [0.2, 0.25) is 0 Å². The minimum absolute atomic E-state index is 0.535. The molecule has 15 heavy (non-hydrogen) atoms. The second-order valence-electron chi connectivity index (χ2n) is 3.27. The van der Waals surface area contributed by atoms with Crippen molar-refractivity contribution in [2.24, 2.45) is 0 Å². The van der Waals surface area contributed by atoms with Crippen molar-refractivity contribution in [2.75, 3.05) is 0 Å². The van der Waals surface area contributed by atoms with E-state index < -0.39 is 5.43 Å². The number of halogens is 1. The van der Waals surface area contributed by atoms with Crippen LogP contribution in [-0.2, 0) is 0 Å². The highest BCUT2D eigenvalue weighted by atomic mass is 35.5. The lowest BCUT2D eigenvalue weighted by Gasteiger charge is -2.08. The molecule has 0 unspecified atom stereocenters. The van der Waals surface area contributed by atoms with E-state index >= 15 is 0 Å². The summed E-state index contributed by atoms with van der Waals surface area (Å²) < 4.78 is 4.98. The Hall–Kier alpha value is -1.54. The van der Waals surface area contributed by atoms with Crippen LogP contribution in [0.1, 0.15) is 5.56 Å². The Morgan fingerprint density at radius 3 is 2.67 bits per heavy atom. The largest absolute Gasteiger partial charge is 0.414 e. The molecule has 2 rings (SSSR count). The number of benzene rings is 2. The lowest BCUT2D eigenvalue weighted by atomic mass is 10.1. The minimum Gasteiger partial charge on any atom is -0.414 e. The van der Waals surface area contributed by atoms with Crippen molar-refractivity contribution >= 4 is 27.8 Å². The molecule has 2 nitrogen and oxygen atoms in total. The summed E-state index contributed by atoms with van der Waals surface area (Å²) >= 11 is 5.22. The van der Waals surface area contributed by atoms with Gasteiger partial charge in [-0.15, -0.1) is 0 Å². The van der Waals surface area contributed by atoms with Gasteiger partial charge in [0.25, 0.3) is 0 Å². The second kappa shape index (κ2) is 3.91. The molecule has 0 saturated heterocycles. The predicted molar refractivity (Wildman–Crippen MR) is 60.6 cm³/mol. The van der Waals surface area contributed by atoms with E-state index in [4.69, 9.17) is 16.3 Å². The predicted octanol–water partition coefficient (Wildman–Crippen LogP) is 3.89. The average molecular weight is 221 g/mol. The highest BCUT2D eigenvalue weighted by molar-refractivity contribution is 6.61. The third kappa shape index (κ3) is 1.95. The molecule has 0 radical (unpaired) electrons. The topological polar surface area (TPSA) is 26.3 Å². The van der Waals surface area contributed by atoms with Crippen molar-refractivity contribution in [3.05, 3.63) is 42.0 Å². The molecule has 0 aliphatic carbocycles. The highest BCUT2D eigenvalue weighted by Gasteiger charge is 2.08. The molecular weight excluding hydrogens is 212 g/mol. The van der Waals surface area contributed by atoms with Crippen LogP contribution in [0.15, 0.2) is 36.4 Å². The van der Waals surface area contributed by atoms with Gasteiger partial charge in [0.05, 0.1) is 0 Å². The molecule has 2 aromatic rings. The summed E-state index contributed by atoms with van der Waals surface area (Å²) in [5, 5.41) is 1.92. The van der Waals surface area contributed by atoms with E-state index in [0.717, 1.165) is 16.3 Å². The number of ether oxygens (including phenoxy) is 1. The molecule has 0 aliphatic rings. The zero-order valence-electron chi connectivity index (χ0n) is 8.16. The van der Waals surface area contributed by atoms with E-state index in [9.17, 15) is 4.79 Å². The molecule has 0 amide bonds. The number of fused-ring (bicyclic) bond motifs is 1. The number of carbonyl (C=O) groups excluding carboxylic acids is 1. The zero-order valence-corrected chi connectivity index (χ0v) is 8.91. The van der Waals surface area contributed by atoms with Crippen molar-refractivity contribution in [1.29, 1.82) is 0 Å². The number of aryl methyl sites for hydroxylation is 1. The summed E-state index contributed by atoms with van der Waals surface area (Å²) in [5.74, 6) is 0.535. The first-order valence-electron chi connectivity index (χ1n) is 4.54. The Balaban J connectivity index is 2.68. The maximum Gasteiger partial charge on any atom is 0.409 e. The van der Waals surface area contributed by atoms with Gasteiger partial charge >= 0.3 is 5.43 Å². The molecule has 0 bridgehead atoms. The molecule has 0 aliphatic heterocycles. The van der Waals surface area contributed by atoms with Crippen molar-refractivity contribution in [1.82, 2.24) is 0 Å². The number of hydrogen-bond acceptors (Lipinski definition) is 2. The first-order valence-corrected chi connectivity index (χ1v) is 4.92. The van der Waals surface area contributed by atoms with Crippen LogP contribution >= 0.6 is 11.6 Å². The Labute approximate surface area is 92.4 Å². The van der Waals surface area contributed by atoms with Crippen molar-refractivity contribution in [3.8, 4) is 5.75 Å². The first-order chi connectivity index (χ1) is 7.18. The summed E-state index contributed by atoms with van der Waals surface area (Å²) in [6, 6.07) is 11.6. The van der Waals surface area contributed by atoms with Gasteiger partial charge in [-0.3, -0.25) is 0 Å². The molecule has 76 valence electrons. The molecule has 0 fully saturated rings. The fourth-order valence-corrected chi connectivity index (χ4v) is 1.64. The number of rotatable bonds is 1. The third-order valence-corrected chi connectivity index (χ3v) is 2.34. The summed E-state index contributed by atoms with van der Waals surface area (Å²) in [7, 11) is 0. The van der Waals surface area contributed by atoms with Crippen LogP contribution in [0.4, 0.5) is 4.79 Å². The van der Waals surface area contributed by atoms with Crippen LogP contribution in [0.25, 0.3) is 10.8 Å². The molecule has 0 aromatic heterocycles. The fourth-order valence-electron chi connectivity index (χ4n) is 1.57. The molecule has 0 heterocycles. The smallest absolute Gasteiger partial charge is 0.409 e. The molecule has 0 saturated carbocycles. The number of hydrogen-bond donors (Lipinski definition) is 0. The standard InChI is InChI=1S/C12H9ClO2/c1-8-6-7-9-4-2-3-5-10(9)11(8)15-12(13)14/h2-7H,1H3. The van der Waals surface area contributed by atoms with Crippen molar-refractivity contribution in [3.63, 3.8) is 0 Å². The molecule has 3 heteroatoms. The van der Waals surface area contributed by atoms with Crippen LogP contribution in [0, 0.1) is 6.92 Å². The van der Waals surface area contributed by atoms with Gasteiger partial charge in [-0.05, 0) is 17.9 Å². The van der Waals surface area contributed by atoms with E-state index in [1.807, 2.05) is 43.3 Å².